The lowest BCUT2D eigenvalue weighted by Crippen LogP contribution is -1.92. The maximum Gasteiger partial charge on any atom is 0.137 e. The summed E-state index contributed by atoms with van der Waals surface area (Å²) in [4.78, 5) is 19.3. The Morgan fingerprint density at radius 2 is 1.61 bits per heavy atom. The number of pyridine rings is 4. The number of aromatic nitrogens is 5. The summed E-state index contributed by atoms with van der Waals surface area (Å²) in [5, 5.41) is 1.05. The molecule has 0 saturated carbocycles. The zero-order valence-corrected chi connectivity index (χ0v) is 22.2. The molecule has 0 aliphatic heterocycles. The predicted octanol–water partition coefficient (Wildman–Crippen LogP) is 8.44. The number of benzene rings is 2. The SMILES string of the molecule is C=C/C(=C\C=C\c1cccc(-c2nc3ccccc3c3nc4ccccn4c23)c1)c1cccc(-c2ccccn2)n1. The third-order valence-corrected chi connectivity index (χ3v) is 7.06. The topological polar surface area (TPSA) is 56.0 Å². The van der Waals surface area contributed by atoms with Crippen LogP contribution in [0.25, 0.3) is 61.9 Å². The first-order chi connectivity index (χ1) is 20.3. The Labute approximate surface area is 237 Å². The minimum Gasteiger partial charge on any atom is -0.298 e. The third kappa shape index (κ3) is 4.60. The zero-order chi connectivity index (χ0) is 27.6. The molecule has 2 aromatic carbocycles. The Kier molecular flexibility index (Phi) is 6.22. The van der Waals surface area contributed by atoms with Crippen molar-refractivity contribution in [2.45, 2.75) is 0 Å². The molecule has 0 fully saturated rings. The minimum atomic E-state index is 0.828. The van der Waals surface area contributed by atoms with Crippen LogP contribution in [0.5, 0.6) is 0 Å². The first-order valence-corrected chi connectivity index (χ1v) is 13.4. The Hall–Kier alpha value is -5.68. The molecule has 0 N–H and O–H groups in total. The van der Waals surface area contributed by atoms with Gasteiger partial charge in [-0.1, -0.05) is 85.5 Å². The summed E-state index contributed by atoms with van der Waals surface area (Å²) in [6.45, 7) is 4.02. The molecule has 194 valence electrons. The molecule has 41 heavy (non-hydrogen) atoms. The van der Waals surface area contributed by atoms with Crippen LogP contribution in [-0.4, -0.2) is 24.3 Å². The van der Waals surface area contributed by atoms with Gasteiger partial charge in [0.05, 0.1) is 33.8 Å². The van der Waals surface area contributed by atoms with Crippen molar-refractivity contribution >= 4 is 39.2 Å². The van der Waals surface area contributed by atoms with Crippen LogP contribution in [0.15, 0.2) is 140 Å². The molecule has 7 aromatic rings. The molecule has 0 unspecified atom stereocenters. The van der Waals surface area contributed by atoms with Crippen LogP contribution in [0, 0.1) is 0 Å². The number of rotatable bonds is 6. The number of imidazole rings is 1. The maximum atomic E-state index is 5.11. The Morgan fingerprint density at radius 1 is 0.756 bits per heavy atom. The van der Waals surface area contributed by atoms with Crippen LogP contribution in [0.3, 0.4) is 0 Å². The summed E-state index contributed by atoms with van der Waals surface area (Å²) in [5.41, 5.74) is 10.2. The molecule has 0 saturated heterocycles. The van der Waals surface area contributed by atoms with Crippen molar-refractivity contribution in [3.63, 3.8) is 0 Å². The number of hydrogen-bond acceptors (Lipinski definition) is 4. The van der Waals surface area contributed by atoms with Gasteiger partial charge in [0.1, 0.15) is 11.2 Å². The van der Waals surface area contributed by atoms with Crippen molar-refractivity contribution in [2.24, 2.45) is 0 Å². The van der Waals surface area contributed by atoms with E-state index in [-0.39, 0.29) is 0 Å². The van der Waals surface area contributed by atoms with Gasteiger partial charge in [-0.2, -0.15) is 0 Å². The van der Waals surface area contributed by atoms with Crippen LogP contribution in [0.1, 0.15) is 11.3 Å². The molecule has 7 rings (SSSR count). The normalized spacial score (nSPS) is 12.0. The first kappa shape index (κ1) is 24.4. The summed E-state index contributed by atoms with van der Waals surface area (Å²) in [5.74, 6) is 0. The average Bonchev–Trinajstić information content (AvgIpc) is 3.43. The second-order valence-electron chi connectivity index (χ2n) is 9.65. The highest BCUT2D eigenvalue weighted by atomic mass is 15.0. The van der Waals surface area contributed by atoms with Gasteiger partial charge in [-0.15, -0.1) is 0 Å². The number of fused-ring (bicyclic) bond motifs is 5. The molecule has 0 radical (unpaired) electrons. The summed E-state index contributed by atoms with van der Waals surface area (Å²) in [6.07, 6.45) is 11.8. The largest absolute Gasteiger partial charge is 0.298 e. The lowest BCUT2D eigenvalue weighted by Gasteiger charge is -2.08. The van der Waals surface area contributed by atoms with Crippen molar-refractivity contribution in [1.29, 1.82) is 0 Å². The summed E-state index contributed by atoms with van der Waals surface area (Å²) < 4.78 is 2.12. The number of para-hydroxylation sites is 1. The van der Waals surface area contributed by atoms with Crippen molar-refractivity contribution in [3.05, 3.63) is 152 Å². The highest BCUT2D eigenvalue weighted by molar-refractivity contribution is 6.09. The quantitative estimate of drug-likeness (QED) is 0.204. The van der Waals surface area contributed by atoms with Crippen LogP contribution >= 0.6 is 0 Å². The van der Waals surface area contributed by atoms with E-state index in [1.807, 2.05) is 97.2 Å². The van der Waals surface area contributed by atoms with Gasteiger partial charge >= 0.3 is 0 Å². The van der Waals surface area contributed by atoms with Gasteiger partial charge in [-0.3, -0.25) is 9.38 Å². The highest BCUT2D eigenvalue weighted by Gasteiger charge is 2.16. The van der Waals surface area contributed by atoms with E-state index in [0.29, 0.717) is 0 Å². The maximum absolute atomic E-state index is 5.11. The second kappa shape index (κ2) is 10.5. The van der Waals surface area contributed by atoms with E-state index in [0.717, 1.165) is 67.1 Å². The Balaban J connectivity index is 1.26. The molecule has 0 bridgehead atoms. The monoisotopic (exact) mass is 527 g/mol. The minimum absolute atomic E-state index is 0.828. The van der Waals surface area contributed by atoms with Crippen molar-refractivity contribution in [3.8, 4) is 22.6 Å². The van der Waals surface area contributed by atoms with Gasteiger partial charge < -0.3 is 0 Å². The molecule has 0 atom stereocenters. The smallest absolute Gasteiger partial charge is 0.137 e. The van der Waals surface area contributed by atoms with Crippen molar-refractivity contribution < 1.29 is 0 Å². The first-order valence-electron chi connectivity index (χ1n) is 13.4. The molecule has 0 spiro atoms. The van der Waals surface area contributed by atoms with E-state index in [1.165, 1.54) is 0 Å². The fraction of sp³-hybridized carbons (Fsp3) is 0. The van der Waals surface area contributed by atoms with Crippen molar-refractivity contribution in [1.82, 2.24) is 24.3 Å². The molecule has 5 aromatic heterocycles. The molecule has 0 amide bonds. The summed E-state index contributed by atoms with van der Waals surface area (Å²) in [6, 6.07) is 34.5. The van der Waals surface area contributed by atoms with E-state index in [9.17, 15) is 0 Å². The average molecular weight is 528 g/mol. The second-order valence-corrected chi connectivity index (χ2v) is 9.65. The van der Waals surface area contributed by atoms with E-state index in [4.69, 9.17) is 15.0 Å². The number of nitrogens with zero attached hydrogens (tertiary/aromatic N) is 5. The fourth-order valence-corrected chi connectivity index (χ4v) is 5.12. The van der Waals surface area contributed by atoms with E-state index >= 15 is 0 Å². The van der Waals surface area contributed by atoms with Gasteiger partial charge in [0.25, 0.3) is 0 Å². The van der Waals surface area contributed by atoms with Crippen LogP contribution in [0.4, 0.5) is 0 Å². The molecule has 5 heterocycles. The Bertz CT molecular complexity index is 2120. The van der Waals surface area contributed by atoms with Crippen LogP contribution < -0.4 is 0 Å². The Morgan fingerprint density at radius 3 is 2.51 bits per heavy atom. The lowest BCUT2D eigenvalue weighted by atomic mass is 10.0. The summed E-state index contributed by atoms with van der Waals surface area (Å²) >= 11 is 0. The van der Waals surface area contributed by atoms with E-state index in [1.54, 1.807) is 6.20 Å². The fourth-order valence-electron chi connectivity index (χ4n) is 5.12. The molecular formula is C36H25N5. The molecule has 5 heteroatoms. The van der Waals surface area contributed by atoms with Gasteiger partial charge in [0, 0.05) is 23.3 Å². The number of hydrogen-bond donors (Lipinski definition) is 0. The number of allylic oxidation sites excluding steroid dienone is 4. The lowest BCUT2D eigenvalue weighted by molar-refractivity contribution is 1.22. The van der Waals surface area contributed by atoms with Gasteiger partial charge in [0.15, 0.2) is 0 Å². The predicted molar refractivity (Wildman–Crippen MR) is 168 cm³/mol. The van der Waals surface area contributed by atoms with E-state index in [2.05, 4.69) is 52.4 Å². The van der Waals surface area contributed by atoms with Crippen LogP contribution in [-0.2, 0) is 0 Å². The molecule has 0 aliphatic carbocycles. The van der Waals surface area contributed by atoms with Gasteiger partial charge in [0.2, 0.25) is 0 Å². The molecular weight excluding hydrogens is 502 g/mol. The van der Waals surface area contributed by atoms with Crippen LogP contribution in [0.2, 0.25) is 0 Å². The zero-order valence-electron chi connectivity index (χ0n) is 22.2. The van der Waals surface area contributed by atoms with E-state index < -0.39 is 0 Å². The third-order valence-electron chi connectivity index (χ3n) is 7.06. The van der Waals surface area contributed by atoms with Gasteiger partial charge in [-0.25, -0.2) is 15.0 Å². The summed E-state index contributed by atoms with van der Waals surface area (Å²) in [7, 11) is 0. The highest BCUT2D eigenvalue weighted by Crippen LogP contribution is 2.33. The van der Waals surface area contributed by atoms with Crippen molar-refractivity contribution in [2.75, 3.05) is 0 Å². The molecule has 5 nitrogen and oxygen atoms in total. The standard InChI is InChI=1S/C36H25N5/c1-2-26(29-19-11-20-32(38-29)31-18-5-7-22-37-31)14-9-12-25-13-10-15-27(24-25)34-36-35(28-16-3-4-17-30(28)39-34)40-33-21-6-8-23-41(33)36/h2-24H,1H2/b12-9+,26-14+. The molecule has 0 aliphatic rings. The van der Waals surface area contributed by atoms with Gasteiger partial charge in [-0.05, 0) is 59.7 Å².